The van der Waals surface area contributed by atoms with Crippen LogP contribution in [0.25, 0.3) is 0 Å². The van der Waals surface area contributed by atoms with Gasteiger partial charge in [-0.15, -0.1) is 12.4 Å². The fourth-order valence-corrected chi connectivity index (χ4v) is 3.39. The van der Waals surface area contributed by atoms with Gasteiger partial charge in [0, 0.05) is 44.1 Å². The Morgan fingerprint density at radius 2 is 2.22 bits per heavy atom. The molecule has 0 aliphatic carbocycles. The highest BCUT2D eigenvalue weighted by atomic mass is 35.5. The van der Waals surface area contributed by atoms with Gasteiger partial charge >= 0.3 is 0 Å². The summed E-state index contributed by atoms with van der Waals surface area (Å²) in [6.45, 7) is 4.43. The molecule has 2 rings (SSSR count). The lowest BCUT2D eigenvalue weighted by Crippen LogP contribution is -2.42. The van der Waals surface area contributed by atoms with Gasteiger partial charge in [0.2, 0.25) is 5.91 Å². The van der Waals surface area contributed by atoms with E-state index in [1.165, 1.54) is 0 Å². The van der Waals surface area contributed by atoms with Crippen molar-refractivity contribution in [1.29, 1.82) is 0 Å². The van der Waals surface area contributed by atoms with Crippen molar-refractivity contribution in [1.82, 2.24) is 10.2 Å². The van der Waals surface area contributed by atoms with E-state index in [-0.39, 0.29) is 18.3 Å². The summed E-state index contributed by atoms with van der Waals surface area (Å²) >= 11 is 1.92. The van der Waals surface area contributed by atoms with Crippen molar-refractivity contribution < 1.29 is 9.53 Å². The number of rotatable bonds is 7. The number of benzene rings is 1. The number of nitrogens with one attached hydrogen (secondary N) is 1. The average molecular weight is 359 g/mol. The number of nitrogens with zero attached hydrogens (tertiary/aromatic N) is 1. The van der Waals surface area contributed by atoms with Gasteiger partial charge in [-0.2, -0.15) is 11.8 Å². The maximum atomic E-state index is 12.2. The predicted octanol–water partition coefficient (Wildman–Crippen LogP) is 2.74. The van der Waals surface area contributed by atoms with Gasteiger partial charge in [-0.1, -0.05) is 18.2 Å². The lowest BCUT2D eigenvalue weighted by Gasteiger charge is -2.25. The van der Waals surface area contributed by atoms with E-state index in [2.05, 4.69) is 5.32 Å². The number of carbonyl (C=O) groups excluding carboxylic acids is 1. The smallest absolute Gasteiger partial charge is 0.223 e. The predicted molar refractivity (Wildman–Crippen MR) is 99.9 cm³/mol. The van der Waals surface area contributed by atoms with Crippen LogP contribution in [-0.2, 0) is 4.79 Å². The number of ether oxygens (including phenoxy) is 1. The van der Waals surface area contributed by atoms with Crippen LogP contribution in [0.3, 0.4) is 0 Å². The molecule has 0 bridgehead atoms. The quantitative estimate of drug-likeness (QED) is 0.761. The first-order valence-corrected chi connectivity index (χ1v) is 9.06. The van der Waals surface area contributed by atoms with Crippen LogP contribution in [0.15, 0.2) is 24.3 Å². The van der Waals surface area contributed by atoms with Crippen LogP contribution < -0.4 is 10.1 Å². The minimum Gasteiger partial charge on any atom is -0.493 e. The maximum absolute atomic E-state index is 12.2. The van der Waals surface area contributed by atoms with E-state index in [0.717, 1.165) is 42.3 Å². The zero-order valence-corrected chi connectivity index (χ0v) is 15.5. The summed E-state index contributed by atoms with van der Waals surface area (Å²) in [6, 6.07) is 8.34. The first-order chi connectivity index (χ1) is 10.7. The Kier molecular flexibility index (Phi) is 9.44. The fourth-order valence-electron chi connectivity index (χ4n) is 2.44. The number of thioether (sulfide) groups is 1. The maximum Gasteiger partial charge on any atom is 0.223 e. The Morgan fingerprint density at radius 1 is 1.43 bits per heavy atom. The van der Waals surface area contributed by atoms with Crippen LogP contribution in [0.4, 0.5) is 0 Å². The fraction of sp³-hybridized carbons (Fsp3) is 0.588. The molecule has 1 saturated heterocycles. The summed E-state index contributed by atoms with van der Waals surface area (Å²) in [5, 5.41) is 3.41. The van der Waals surface area contributed by atoms with E-state index in [0.29, 0.717) is 19.1 Å². The topological polar surface area (TPSA) is 41.6 Å². The molecular weight excluding hydrogens is 332 g/mol. The summed E-state index contributed by atoms with van der Waals surface area (Å²) in [4.78, 5) is 14.0. The lowest BCUT2D eigenvalue weighted by atomic mass is 10.2. The second-order valence-electron chi connectivity index (χ2n) is 5.71. The van der Waals surface area contributed by atoms with Gasteiger partial charge in [0.1, 0.15) is 5.75 Å². The molecule has 0 spiro atoms. The number of para-hydroxylation sites is 1. The number of hydrogen-bond acceptors (Lipinski definition) is 4. The molecule has 1 aliphatic heterocycles. The van der Waals surface area contributed by atoms with Crippen molar-refractivity contribution in [3.05, 3.63) is 29.8 Å². The second-order valence-corrected chi connectivity index (χ2v) is 6.86. The number of hydrogen-bond donors (Lipinski definition) is 1. The summed E-state index contributed by atoms with van der Waals surface area (Å²) in [7, 11) is 1.88. The van der Waals surface area contributed by atoms with E-state index in [1.54, 1.807) is 0 Å². The second kappa shape index (κ2) is 10.8. The molecule has 1 heterocycles. The molecule has 0 aromatic heterocycles. The number of amides is 1. The molecular formula is C17H27ClN2O2S. The van der Waals surface area contributed by atoms with E-state index in [9.17, 15) is 4.79 Å². The molecule has 1 aromatic rings. The monoisotopic (exact) mass is 358 g/mol. The molecule has 1 unspecified atom stereocenters. The molecule has 1 atom stereocenters. The lowest BCUT2D eigenvalue weighted by molar-refractivity contribution is -0.130. The van der Waals surface area contributed by atoms with Crippen molar-refractivity contribution >= 4 is 30.1 Å². The van der Waals surface area contributed by atoms with Gasteiger partial charge in [-0.3, -0.25) is 4.79 Å². The zero-order chi connectivity index (χ0) is 15.8. The van der Waals surface area contributed by atoms with Gasteiger partial charge in [-0.05, 0) is 25.0 Å². The van der Waals surface area contributed by atoms with Crippen LogP contribution in [0.2, 0.25) is 0 Å². The highest BCUT2D eigenvalue weighted by Gasteiger charge is 2.18. The third-order valence-electron chi connectivity index (χ3n) is 3.83. The van der Waals surface area contributed by atoms with Crippen molar-refractivity contribution in [3.8, 4) is 5.75 Å². The Hall–Kier alpha value is -0.910. The molecule has 1 fully saturated rings. The van der Waals surface area contributed by atoms with Gasteiger partial charge in [-0.25, -0.2) is 0 Å². The molecule has 0 radical (unpaired) electrons. The Balaban J connectivity index is 0.00000264. The highest BCUT2D eigenvalue weighted by Crippen LogP contribution is 2.16. The Morgan fingerprint density at radius 3 is 2.91 bits per heavy atom. The van der Waals surface area contributed by atoms with Gasteiger partial charge < -0.3 is 15.0 Å². The average Bonchev–Trinajstić information content (AvgIpc) is 2.53. The van der Waals surface area contributed by atoms with Crippen LogP contribution in [0.1, 0.15) is 18.4 Å². The minimum absolute atomic E-state index is 0. The zero-order valence-electron chi connectivity index (χ0n) is 13.9. The molecule has 0 saturated carbocycles. The molecule has 4 nitrogen and oxygen atoms in total. The van der Waals surface area contributed by atoms with E-state index in [4.69, 9.17) is 4.74 Å². The van der Waals surface area contributed by atoms with E-state index < -0.39 is 0 Å². The molecule has 1 amide bonds. The molecule has 1 aliphatic rings. The van der Waals surface area contributed by atoms with Crippen molar-refractivity contribution in [2.45, 2.75) is 25.8 Å². The van der Waals surface area contributed by atoms with Crippen LogP contribution >= 0.6 is 24.2 Å². The van der Waals surface area contributed by atoms with Gasteiger partial charge in [0.05, 0.1) is 6.61 Å². The van der Waals surface area contributed by atoms with Crippen molar-refractivity contribution in [2.75, 3.05) is 38.2 Å². The Labute approximate surface area is 149 Å². The summed E-state index contributed by atoms with van der Waals surface area (Å²) in [6.07, 6.45) is 1.45. The standard InChI is InChI=1S/C17H26N2O2S.ClH/c1-14-6-3-4-7-16(14)21-10-5-9-19(2)17(20)12-15-13-22-11-8-18-15;/h3-4,6-7,15,18H,5,8-13H2,1-2H3;1H. The summed E-state index contributed by atoms with van der Waals surface area (Å²) in [5.74, 6) is 3.34. The Bertz CT molecular complexity index is 481. The first-order valence-electron chi connectivity index (χ1n) is 7.90. The summed E-state index contributed by atoms with van der Waals surface area (Å²) < 4.78 is 5.76. The number of halogens is 1. The molecule has 23 heavy (non-hydrogen) atoms. The molecule has 1 aromatic carbocycles. The van der Waals surface area contributed by atoms with Crippen LogP contribution in [0, 0.1) is 6.92 Å². The number of carbonyl (C=O) groups is 1. The third-order valence-corrected chi connectivity index (χ3v) is 4.97. The van der Waals surface area contributed by atoms with Crippen molar-refractivity contribution in [3.63, 3.8) is 0 Å². The molecule has 130 valence electrons. The van der Waals surface area contributed by atoms with Gasteiger partial charge in [0.15, 0.2) is 0 Å². The van der Waals surface area contributed by atoms with Crippen molar-refractivity contribution in [2.24, 2.45) is 0 Å². The largest absolute Gasteiger partial charge is 0.493 e. The minimum atomic E-state index is 0. The van der Waals surface area contributed by atoms with E-state index in [1.807, 2.05) is 54.9 Å². The van der Waals surface area contributed by atoms with Crippen LogP contribution in [-0.4, -0.2) is 55.1 Å². The van der Waals surface area contributed by atoms with Crippen LogP contribution in [0.5, 0.6) is 5.75 Å². The highest BCUT2D eigenvalue weighted by molar-refractivity contribution is 7.99. The normalized spacial score (nSPS) is 17.2. The van der Waals surface area contributed by atoms with Gasteiger partial charge in [0.25, 0.3) is 0 Å². The number of aryl methyl sites for hydroxylation is 1. The molecule has 6 heteroatoms. The molecule has 1 N–H and O–H groups in total. The first kappa shape index (κ1) is 20.1. The SMILES string of the molecule is Cc1ccccc1OCCCN(C)C(=O)CC1CSCCN1.Cl. The summed E-state index contributed by atoms with van der Waals surface area (Å²) in [5.41, 5.74) is 1.15. The van der Waals surface area contributed by atoms with E-state index >= 15 is 0 Å². The third kappa shape index (κ3) is 7.02.